The lowest BCUT2D eigenvalue weighted by molar-refractivity contribution is -0.140. The normalized spacial score (nSPS) is 11.9. The molecule has 2 amide bonds. The van der Waals surface area contributed by atoms with Crippen molar-refractivity contribution in [3.63, 3.8) is 0 Å². The standard InChI is InChI=1S/C33H42ClN3O7S/c1-8-27(33(39)35-19-22(2)3)36(20-24-11-9-23(4)10-12-24)32(38)21-37(28-17-25(34)13-15-29(28)42-5)45(40,41)26-14-16-30(43-6)31(18-26)44-7/h9-18,22,27H,8,19-21H2,1-7H3,(H,35,39)/t27-/m1/s1. The van der Waals surface area contributed by atoms with E-state index in [1.165, 1.54) is 56.6 Å². The van der Waals surface area contributed by atoms with E-state index in [1.807, 2.05) is 52.0 Å². The van der Waals surface area contributed by atoms with Gasteiger partial charge in [-0.3, -0.25) is 13.9 Å². The second-order valence-corrected chi connectivity index (χ2v) is 13.2. The lowest BCUT2D eigenvalue weighted by Gasteiger charge is -2.33. The molecule has 0 bridgehead atoms. The highest BCUT2D eigenvalue weighted by molar-refractivity contribution is 7.92. The summed E-state index contributed by atoms with van der Waals surface area (Å²) in [5.74, 6) is 0.00124. The second-order valence-electron chi connectivity index (χ2n) is 10.9. The Labute approximate surface area is 271 Å². The largest absolute Gasteiger partial charge is 0.495 e. The summed E-state index contributed by atoms with van der Waals surface area (Å²) in [6.45, 7) is 7.60. The van der Waals surface area contributed by atoms with Crippen LogP contribution in [0.4, 0.5) is 5.69 Å². The van der Waals surface area contributed by atoms with Crippen LogP contribution in [-0.2, 0) is 26.2 Å². The Hall–Kier alpha value is -3.96. The van der Waals surface area contributed by atoms with Gasteiger partial charge in [0.1, 0.15) is 18.3 Å². The van der Waals surface area contributed by atoms with Gasteiger partial charge in [-0.15, -0.1) is 0 Å². The highest BCUT2D eigenvalue weighted by Gasteiger charge is 2.35. The number of rotatable bonds is 15. The highest BCUT2D eigenvalue weighted by Crippen LogP contribution is 2.37. The molecule has 0 saturated heterocycles. The van der Waals surface area contributed by atoms with Crippen LogP contribution < -0.4 is 23.8 Å². The van der Waals surface area contributed by atoms with Crippen LogP contribution in [0.2, 0.25) is 5.02 Å². The summed E-state index contributed by atoms with van der Waals surface area (Å²) in [6, 6.07) is 15.4. The van der Waals surface area contributed by atoms with E-state index in [0.29, 0.717) is 18.7 Å². The molecule has 12 heteroatoms. The predicted molar refractivity (Wildman–Crippen MR) is 176 cm³/mol. The van der Waals surface area contributed by atoms with Crippen LogP contribution in [0, 0.1) is 12.8 Å². The summed E-state index contributed by atoms with van der Waals surface area (Å²) in [5, 5.41) is 3.16. The number of nitrogens with zero attached hydrogens (tertiary/aromatic N) is 2. The molecule has 0 radical (unpaired) electrons. The van der Waals surface area contributed by atoms with Crippen LogP contribution in [0.1, 0.15) is 38.3 Å². The monoisotopic (exact) mass is 659 g/mol. The smallest absolute Gasteiger partial charge is 0.265 e. The number of hydrogen-bond acceptors (Lipinski definition) is 7. The molecule has 0 unspecified atom stereocenters. The third kappa shape index (κ3) is 8.82. The van der Waals surface area contributed by atoms with Gasteiger partial charge in [-0.1, -0.05) is 62.2 Å². The van der Waals surface area contributed by atoms with Crippen molar-refractivity contribution in [3.8, 4) is 17.2 Å². The lowest BCUT2D eigenvalue weighted by Crippen LogP contribution is -2.52. The Balaban J connectivity index is 2.16. The third-order valence-electron chi connectivity index (χ3n) is 7.18. The number of nitrogens with one attached hydrogen (secondary N) is 1. The molecular formula is C33H42ClN3O7S. The van der Waals surface area contributed by atoms with Gasteiger partial charge in [0.05, 0.1) is 31.9 Å². The van der Waals surface area contributed by atoms with E-state index in [1.54, 1.807) is 6.07 Å². The average molecular weight is 660 g/mol. The molecule has 1 atom stereocenters. The van der Waals surface area contributed by atoms with Crippen molar-refractivity contribution in [1.82, 2.24) is 10.2 Å². The van der Waals surface area contributed by atoms with Gasteiger partial charge in [0.25, 0.3) is 10.0 Å². The molecule has 0 saturated carbocycles. The molecule has 3 rings (SSSR count). The molecule has 0 aliphatic heterocycles. The summed E-state index contributed by atoms with van der Waals surface area (Å²) >= 11 is 6.33. The summed E-state index contributed by atoms with van der Waals surface area (Å²) in [4.78, 5) is 29.0. The van der Waals surface area contributed by atoms with Crippen molar-refractivity contribution in [2.24, 2.45) is 5.92 Å². The zero-order valence-corrected chi connectivity index (χ0v) is 28.4. The minimum atomic E-state index is -4.43. The molecule has 244 valence electrons. The molecular weight excluding hydrogens is 618 g/mol. The van der Waals surface area contributed by atoms with E-state index in [-0.39, 0.29) is 45.5 Å². The first kappa shape index (κ1) is 35.5. The maximum Gasteiger partial charge on any atom is 0.265 e. The molecule has 0 heterocycles. The fraction of sp³-hybridized carbons (Fsp3) is 0.394. The summed E-state index contributed by atoms with van der Waals surface area (Å²) in [6.07, 6.45) is 0.310. The first-order chi connectivity index (χ1) is 21.4. The number of methoxy groups -OCH3 is 3. The quantitative estimate of drug-likeness (QED) is 0.231. The van der Waals surface area contributed by atoms with Gasteiger partial charge in [0, 0.05) is 24.2 Å². The molecule has 0 aliphatic carbocycles. The van der Waals surface area contributed by atoms with Gasteiger partial charge < -0.3 is 24.4 Å². The topological polar surface area (TPSA) is 114 Å². The number of sulfonamides is 1. The maximum atomic E-state index is 14.4. The van der Waals surface area contributed by atoms with Crippen molar-refractivity contribution >= 4 is 39.1 Å². The molecule has 10 nitrogen and oxygen atoms in total. The number of ether oxygens (including phenoxy) is 3. The summed E-state index contributed by atoms with van der Waals surface area (Å²) in [7, 11) is -0.198. The Morgan fingerprint density at radius 1 is 0.889 bits per heavy atom. The number of halogens is 1. The van der Waals surface area contributed by atoms with Crippen molar-refractivity contribution in [2.75, 3.05) is 38.7 Å². The minimum absolute atomic E-state index is 0.0562. The zero-order valence-electron chi connectivity index (χ0n) is 26.8. The number of benzene rings is 3. The highest BCUT2D eigenvalue weighted by atomic mass is 35.5. The van der Waals surface area contributed by atoms with Gasteiger partial charge in [0.15, 0.2) is 11.5 Å². The second kappa shape index (κ2) is 15.9. The van der Waals surface area contributed by atoms with E-state index in [0.717, 1.165) is 15.4 Å². The number of anilines is 1. The zero-order chi connectivity index (χ0) is 33.3. The number of carbonyl (C=O) groups is 2. The molecule has 0 spiro atoms. The van der Waals surface area contributed by atoms with Crippen LogP contribution in [0.15, 0.2) is 65.6 Å². The third-order valence-corrected chi connectivity index (χ3v) is 9.17. The fourth-order valence-corrected chi connectivity index (χ4v) is 6.31. The van der Waals surface area contributed by atoms with Gasteiger partial charge in [-0.25, -0.2) is 8.42 Å². The van der Waals surface area contributed by atoms with Gasteiger partial charge in [-0.2, -0.15) is 0 Å². The number of aryl methyl sites for hydroxylation is 1. The van der Waals surface area contributed by atoms with E-state index >= 15 is 0 Å². The Morgan fingerprint density at radius 2 is 1.51 bits per heavy atom. The van der Waals surface area contributed by atoms with Crippen molar-refractivity contribution < 1.29 is 32.2 Å². The molecule has 0 aliphatic rings. The van der Waals surface area contributed by atoms with Crippen LogP contribution in [0.5, 0.6) is 17.2 Å². The SMILES string of the molecule is CC[C@H](C(=O)NCC(C)C)N(Cc1ccc(C)cc1)C(=O)CN(c1cc(Cl)ccc1OC)S(=O)(=O)c1ccc(OC)c(OC)c1. The van der Waals surface area contributed by atoms with E-state index < -0.39 is 28.5 Å². The van der Waals surface area contributed by atoms with Gasteiger partial charge >= 0.3 is 0 Å². The van der Waals surface area contributed by atoms with Crippen molar-refractivity contribution in [1.29, 1.82) is 0 Å². The van der Waals surface area contributed by atoms with Crippen LogP contribution in [-0.4, -0.2) is 65.6 Å². The molecule has 3 aromatic carbocycles. The van der Waals surface area contributed by atoms with E-state index in [2.05, 4.69) is 5.32 Å². The molecule has 0 fully saturated rings. The Bertz CT molecular complexity index is 1580. The molecule has 3 aromatic rings. The van der Waals surface area contributed by atoms with Crippen LogP contribution in [0.25, 0.3) is 0 Å². The average Bonchev–Trinajstić information content (AvgIpc) is 3.02. The van der Waals surface area contributed by atoms with Crippen molar-refractivity contribution in [3.05, 3.63) is 76.8 Å². The molecule has 1 N–H and O–H groups in total. The maximum absolute atomic E-state index is 14.4. The number of carbonyl (C=O) groups excluding carboxylic acids is 2. The van der Waals surface area contributed by atoms with E-state index in [9.17, 15) is 18.0 Å². The summed E-state index contributed by atoms with van der Waals surface area (Å²) in [5.41, 5.74) is 1.89. The molecule has 45 heavy (non-hydrogen) atoms. The number of amides is 2. The van der Waals surface area contributed by atoms with Crippen LogP contribution >= 0.6 is 11.6 Å². The predicted octanol–water partition coefficient (Wildman–Crippen LogP) is 5.45. The number of hydrogen-bond donors (Lipinski definition) is 1. The Morgan fingerprint density at radius 3 is 2.09 bits per heavy atom. The molecule has 0 aromatic heterocycles. The lowest BCUT2D eigenvalue weighted by atomic mass is 10.1. The first-order valence-electron chi connectivity index (χ1n) is 14.6. The van der Waals surface area contributed by atoms with Gasteiger partial charge in [0.2, 0.25) is 11.8 Å². The van der Waals surface area contributed by atoms with Crippen LogP contribution in [0.3, 0.4) is 0 Å². The first-order valence-corrected chi connectivity index (χ1v) is 16.4. The fourth-order valence-electron chi connectivity index (χ4n) is 4.71. The van der Waals surface area contributed by atoms with Crippen molar-refractivity contribution in [2.45, 2.75) is 51.6 Å². The van der Waals surface area contributed by atoms with Gasteiger partial charge in [-0.05, 0) is 55.2 Å². The summed E-state index contributed by atoms with van der Waals surface area (Å²) < 4.78 is 45.8. The minimum Gasteiger partial charge on any atom is -0.495 e. The van der Waals surface area contributed by atoms with E-state index in [4.69, 9.17) is 25.8 Å². The Kier molecular flexibility index (Phi) is 12.5.